The van der Waals surface area contributed by atoms with Crippen molar-refractivity contribution >= 4 is 16.6 Å². The lowest BCUT2D eigenvalue weighted by Crippen LogP contribution is -2.49. The molecule has 1 atom stereocenters. The van der Waals surface area contributed by atoms with Gasteiger partial charge in [0.15, 0.2) is 5.82 Å². The molecule has 1 aliphatic rings. The third-order valence-electron chi connectivity index (χ3n) is 6.89. The summed E-state index contributed by atoms with van der Waals surface area (Å²) in [7, 11) is 1.66. The van der Waals surface area contributed by atoms with Gasteiger partial charge in [0.05, 0.1) is 13.2 Å². The van der Waals surface area contributed by atoms with Gasteiger partial charge in [0.1, 0.15) is 6.04 Å². The fourth-order valence-corrected chi connectivity index (χ4v) is 4.82. The smallest absolute Gasteiger partial charge is 0.253 e. The molecule has 2 aromatic heterocycles. The molecule has 2 aromatic carbocycles. The minimum Gasteiger partial charge on any atom is -0.383 e. The maximum absolute atomic E-state index is 13.4. The van der Waals surface area contributed by atoms with Crippen LogP contribution in [0.25, 0.3) is 10.9 Å². The number of aryl methyl sites for hydroxylation is 2. The van der Waals surface area contributed by atoms with Crippen molar-refractivity contribution in [1.29, 1.82) is 0 Å². The Labute approximate surface area is 204 Å². The number of tetrazole rings is 1. The van der Waals surface area contributed by atoms with Crippen LogP contribution in [0.3, 0.4) is 0 Å². The van der Waals surface area contributed by atoms with Gasteiger partial charge >= 0.3 is 0 Å². The number of nitrogens with one attached hydrogen (secondary N) is 1. The number of pyridine rings is 1. The largest absolute Gasteiger partial charge is 0.383 e. The van der Waals surface area contributed by atoms with Gasteiger partial charge in [-0.15, -0.1) is 5.10 Å². The van der Waals surface area contributed by atoms with Gasteiger partial charge in [0, 0.05) is 50.1 Å². The van der Waals surface area contributed by atoms with Gasteiger partial charge in [-0.1, -0.05) is 18.2 Å². The maximum atomic E-state index is 13.4. The van der Waals surface area contributed by atoms with Gasteiger partial charge in [-0.2, -0.15) is 0 Å². The zero-order chi connectivity index (χ0) is 24.4. The summed E-state index contributed by atoms with van der Waals surface area (Å²) in [4.78, 5) is 21.2. The van der Waals surface area contributed by atoms with E-state index in [9.17, 15) is 4.79 Å². The number of nitrogens with zero attached hydrogens (tertiary/aromatic N) is 6. The highest BCUT2D eigenvalue weighted by atomic mass is 16.5. The summed E-state index contributed by atoms with van der Waals surface area (Å²) < 4.78 is 7.02. The van der Waals surface area contributed by atoms with E-state index in [-0.39, 0.29) is 11.6 Å². The lowest BCUT2D eigenvalue weighted by Gasteiger charge is -2.39. The van der Waals surface area contributed by atoms with Crippen LogP contribution in [0.5, 0.6) is 0 Å². The van der Waals surface area contributed by atoms with Crippen LogP contribution in [0.2, 0.25) is 0 Å². The summed E-state index contributed by atoms with van der Waals surface area (Å²) in [5, 5.41) is 13.6. The van der Waals surface area contributed by atoms with Crippen LogP contribution in [-0.4, -0.2) is 70.0 Å². The number of piperazine rings is 1. The zero-order valence-electron chi connectivity index (χ0n) is 20.4. The fourth-order valence-electron chi connectivity index (χ4n) is 4.82. The molecule has 0 bridgehead atoms. The molecule has 0 spiro atoms. The highest BCUT2D eigenvalue weighted by Gasteiger charge is 2.32. The third kappa shape index (κ3) is 4.69. The van der Waals surface area contributed by atoms with Gasteiger partial charge in [-0.3, -0.25) is 9.69 Å². The van der Waals surface area contributed by atoms with E-state index < -0.39 is 0 Å². The zero-order valence-corrected chi connectivity index (χ0v) is 20.4. The van der Waals surface area contributed by atoms with E-state index in [0.29, 0.717) is 24.5 Å². The summed E-state index contributed by atoms with van der Waals surface area (Å²) in [6.45, 7) is 8.41. The number of anilines is 1. The quantitative estimate of drug-likeness (QED) is 0.441. The van der Waals surface area contributed by atoms with Crippen LogP contribution in [0.1, 0.15) is 28.6 Å². The Morgan fingerprint density at radius 1 is 1.03 bits per heavy atom. The van der Waals surface area contributed by atoms with E-state index in [0.717, 1.165) is 42.6 Å². The molecule has 1 N–H and O–H groups in total. The van der Waals surface area contributed by atoms with Crippen molar-refractivity contribution in [3.05, 3.63) is 81.4 Å². The summed E-state index contributed by atoms with van der Waals surface area (Å²) >= 11 is 0. The second kappa shape index (κ2) is 9.97. The summed E-state index contributed by atoms with van der Waals surface area (Å²) in [6, 6.07) is 16.2. The van der Waals surface area contributed by atoms with E-state index >= 15 is 0 Å². The molecule has 4 aromatic rings. The molecule has 0 amide bonds. The number of H-pyrrole nitrogens is 1. The van der Waals surface area contributed by atoms with Crippen LogP contribution in [0, 0.1) is 13.8 Å². The first-order valence-electron chi connectivity index (χ1n) is 12.0. The van der Waals surface area contributed by atoms with E-state index in [1.54, 1.807) is 11.8 Å². The van der Waals surface area contributed by atoms with E-state index in [2.05, 4.69) is 74.5 Å². The molecule has 182 valence electrons. The second-order valence-electron chi connectivity index (χ2n) is 9.09. The number of para-hydroxylation sites is 1. The van der Waals surface area contributed by atoms with Crippen molar-refractivity contribution < 1.29 is 4.74 Å². The first-order valence-corrected chi connectivity index (χ1v) is 12.0. The molecule has 1 aliphatic heterocycles. The predicted octanol–water partition coefficient (Wildman–Crippen LogP) is 2.69. The van der Waals surface area contributed by atoms with Crippen LogP contribution in [0.15, 0.2) is 53.3 Å². The first kappa shape index (κ1) is 23.2. The van der Waals surface area contributed by atoms with Gasteiger partial charge in [-0.25, -0.2) is 4.68 Å². The highest BCUT2D eigenvalue weighted by molar-refractivity contribution is 5.81. The minimum absolute atomic E-state index is 0.113. The van der Waals surface area contributed by atoms with Crippen LogP contribution >= 0.6 is 0 Å². The molecule has 9 heteroatoms. The van der Waals surface area contributed by atoms with E-state index in [1.807, 2.05) is 18.2 Å². The number of methoxy groups -OCH3 is 1. The monoisotopic (exact) mass is 473 g/mol. The second-order valence-corrected chi connectivity index (χ2v) is 9.09. The number of benzene rings is 2. The Balaban J connectivity index is 1.54. The first-order chi connectivity index (χ1) is 17.0. The van der Waals surface area contributed by atoms with Crippen molar-refractivity contribution in [3.63, 3.8) is 0 Å². The van der Waals surface area contributed by atoms with Gasteiger partial charge in [0.25, 0.3) is 5.56 Å². The number of hydrogen-bond acceptors (Lipinski definition) is 7. The van der Waals surface area contributed by atoms with Crippen molar-refractivity contribution in [3.8, 4) is 0 Å². The van der Waals surface area contributed by atoms with Crippen molar-refractivity contribution in [2.24, 2.45) is 0 Å². The number of rotatable bonds is 7. The molecule has 0 saturated carbocycles. The molecular weight excluding hydrogens is 442 g/mol. The fraction of sp³-hybridized carbons (Fsp3) is 0.385. The summed E-state index contributed by atoms with van der Waals surface area (Å²) in [6.07, 6.45) is 0. The molecular formula is C26H31N7O2. The molecule has 1 fully saturated rings. The van der Waals surface area contributed by atoms with Crippen molar-refractivity contribution in [1.82, 2.24) is 30.1 Å². The molecule has 3 heterocycles. The van der Waals surface area contributed by atoms with Crippen molar-refractivity contribution in [2.75, 3.05) is 44.8 Å². The van der Waals surface area contributed by atoms with E-state index in [4.69, 9.17) is 4.74 Å². The number of fused-ring (bicyclic) bond motifs is 1. The Bertz CT molecular complexity index is 1360. The van der Waals surface area contributed by atoms with Gasteiger partial charge in [0.2, 0.25) is 0 Å². The highest BCUT2D eigenvalue weighted by Crippen LogP contribution is 2.29. The summed E-state index contributed by atoms with van der Waals surface area (Å²) in [5.41, 5.74) is 4.93. The van der Waals surface area contributed by atoms with Crippen LogP contribution in [-0.2, 0) is 11.3 Å². The van der Waals surface area contributed by atoms with E-state index in [1.165, 1.54) is 11.3 Å². The lowest BCUT2D eigenvalue weighted by molar-refractivity contribution is 0.171. The van der Waals surface area contributed by atoms with Gasteiger partial charge < -0.3 is 14.6 Å². The molecule has 0 unspecified atom stereocenters. The van der Waals surface area contributed by atoms with Crippen LogP contribution < -0.4 is 10.5 Å². The molecule has 0 aliphatic carbocycles. The Morgan fingerprint density at radius 2 is 1.77 bits per heavy atom. The lowest BCUT2D eigenvalue weighted by atomic mass is 10.00. The Hall–Kier alpha value is -3.56. The topological polar surface area (TPSA) is 92.2 Å². The number of aromatic nitrogens is 5. The third-order valence-corrected chi connectivity index (χ3v) is 6.89. The Morgan fingerprint density at radius 3 is 2.51 bits per heavy atom. The molecule has 0 radical (unpaired) electrons. The number of hydrogen-bond donors (Lipinski definition) is 1. The average Bonchev–Trinajstić information content (AvgIpc) is 3.33. The molecule has 35 heavy (non-hydrogen) atoms. The van der Waals surface area contributed by atoms with Crippen molar-refractivity contribution in [2.45, 2.75) is 26.4 Å². The molecule has 9 nitrogen and oxygen atoms in total. The standard InChI is InChI=1S/C26H31N7O2/c1-18-15-20-17-22(26(34)27-23(20)16-19(18)2)24(25-28-29-30-33(25)13-14-35-3)32-11-9-31(10-12-32)21-7-5-4-6-8-21/h4-8,15-17,24H,9-14H2,1-3H3,(H,27,34)/t24-/m0/s1. The minimum atomic E-state index is -0.366. The predicted molar refractivity (Wildman–Crippen MR) is 136 cm³/mol. The van der Waals surface area contributed by atoms with Gasteiger partial charge in [-0.05, 0) is 71.1 Å². The normalized spacial score (nSPS) is 15.6. The Kier molecular flexibility index (Phi) is 6.61. The van der Waals surface area contributed by atoms with Crippen LogP contribution in [0.4, 0.5) is 5.69 Å². The SMILES string of the molecule is COCCn1nnnc1[C@H](c1cc2cc(C)c(C)cc2[nH]c1=O)N1CCN(c2ccccc2)CC1. The molecule has 1 saturated heterocycles. The number of aromatic amines is 1. The maximum Gasteiger partial charge on any atom is 0.253 e. The average molecular weight is 474 g/mol. The molecule has 5 rings (SSSR count). The number of ether oxygens (including phenoxy) is 1. The summed E-state index contributed by atoms with van der Waals surface area (Å²) in [5.74, 6) is 0.656.